The monoisotopic (exact) mass is 300 g/mol. The van der Waals surface area contributed by atoms with Crippen molar-refractivity contribution in [1.29, 1.82) is 0 Å². The summed E-state index contributed by atoms with van der Waals surface area (Å²) in [5.41, 5.74) is 1.24. The van der Waals surface area contributed by atoms with Gasteiger partial charge >= 0.3 is 0 Å². The lowest BCUT2D eigenvalue weighted by molar-refractivity contribution is -0.695. The summed E-state index contributed by atoms with van der Waals surface area (Å²) in [6, 6.07) is 4.10. The van der Waals surface area contributed by atoms with Crippen molar-refractivity contribution >= 4 is 5.91 Å². The Balaban J connectivity index is 0.00000256. The molecule has 0 atom stereocenters. The Kier molecular flexibility index (Phi) is 8.68. The average Bonchev–Trinajstić information content (AvgIpc) is 2.29. The molecule has 0 bridgehead atoms. The summed E-state index contributed by atoms with van der Waals surface area (Å²) < 4.78 is 2.03. The van der Waals surface area contributed by atoms with Crippen molar-refractivity contribution in [3.8, 4) is 0 Å². The second-order valence-electron chi connectivity index (χ2n) is 4.07. The van der Waals surface area contributed by atoms with Crippen molar-refractivity contribution in [2.45, 2.75) is 39.7 Å². The second kappa shape index (κ2) is 9.16. The second-order valence-corrected chi connectivity index (χ2v) is 4.07. The molecule has 4 heteroatoms. The molecule has 0 unspecified atom stereocenters. The number of carbonyl (C=O) groups excluding carboxylic acids is 1. The van der Waals surface area contributed by atoms with E-state index in [1.54, 1.807) is 0 Å². The van der Waals surface area contributed by atoms with E-state index in [1.807, 2.05) is 17.0 Å². The zero-order valence-electron chi connectivity index (χ0n) is 10.6. The van der Waals surface area contributed by atoms with Gasteiger partial charge in [-0.25, -0.2) is 4.57 Å². The highest BCUT2D eigenvalue weighted by atomic mass is 79.9. The number of pyridine rings is 1. The van der Waals surface area contributed by atoms with Gasteiger partial charge in [0.1, 0.15) is 0 Å². The minimum absolute atomic E-state index is 0. The van der Waals surface area contributed by atoms with E-state index >= 15 is 0 Å². The summed E-state index contributed by atoms with van der Waals surface area (Å²) in [7, 11) is 0. The van der Waals surface area contributed by atoms with Crippen molar-refractivity contribution in [3.05, 3.63) is 30.1 Å². The van der Waals surface area contributed by atoms with E-state index in [2.05, 4.69) is 31.3 Å². The van der Waals surface area contributed by atoms with Crippen LogP contribution in [0.25, 0.3) is 0 Å². The predicted octanol–water partition coefficient (Wildman–Crippen LogP) is -1.41. The summed E-state index contributed by atoms with van der Waals surface area (Å²) in [5, 5.41) is 2.91. The molecule has 0 fully saturated rings. The lowest BCUT2D eigenvalue weighted by atomic mass is 10.3. The minimum Gasteiger partial charge on any atom is -1.00 e. The summed E-state index contributed by atoms with van der Waals surface area (Å²) in [4.78, 5) is 11.4. The maximum absolute atomic E-state index is 11.4. The Labute approximate surface area is 114 Å². The molecule has 0 aliphatic heterocycles. The van der Waals surface area contributed by atoms with Crippen LogP contribution in [0.4, 0.5) is 0 Å². The number of halogens is 1. The maximum atomic E-state index is 11.4. The van der Waals surface area contributed by atoms with E-state index in [4.69, 9.17) is 0 Å². The number of hydrogen-bond acceptors (Lipinski definition) is 1. The molecule has 0 aliphatic rings. The van der Waals surface area contributed by atoms with E-state index in [0.717, 1.165) is 25.9 Å². The van der Waals surface area contributed by atoms with Gasteiger partial charge in [0.15, 0.2) is 18.9 Å². The number of rotatable bonds is 6. The van der Waals surface area contributed by atoms with Crippen LogP contribution in [-0.4, -0.2) is 12.5 Å². The smallest absolute Gasteiger partial charge is 0.226 e. The molecule has 1 aromatic rings. The van der Waals surface area contributed by atoms with Crippen molar-refractivity contribution in [2.24, 2.45) is 0 Å². The van der Waals surface area contributed by atoms with E-state index in [0.29, 0.717) is 6.42 Å². The third kappa shape index (κ3) is 7.10. The molecule has 1 heterocycles. The number of aromatic nitrogens is 1. The standard InChI is InChI=1S/C13H20N2O.BrH/c1-3-4-8-14-13(16)7-11-15-9-5-12(2)6-10-15;/h5-6,9-10H,3-4,7-8,11H2,1-2H3;1H. The highest BCUT2D eigenvalue weighted by Gasteiger charge is 2.05. The molecular weight excluding hydrogens is 280 g/mol. The molecule has 0 saturated heterocycles. The van der Waals surface area contributed by atoms with Gasteiger partial charge in [-0.05, 0) is 18.9 Å². The van der Waals surface area contributed by atoms with Crippen LogP contribution in [-0.2, 0) is 11.3 Å². The van der Waals surface area contributed by atoms with Crippen LogP contribution in [0.5, 0.6) is 0 Å². The molecule has 17 heavy (non-hydrogen) atoms. The average molecular weight is 301 g/mol. The Morgan fingerprint density at radius 1 is 1.35 bits per heavy atom. The number of amides is 1. The van der Waals surface area contributed by atoms with Gasteiger partial charge in [0.25, 0.3) is 0 Å². The van der Waals surface area contributed by atoms with Gasteiger partial charge in [0.05, 0.1) is 6.42 Å². The molecular formula is C13H21BrN2O. The van der Waals surface area contributed by atoms with Crippen molar-refractivity contribution < 1.29 is 26.3 Å². The molecule has 0 saturated carbocycles. The third-order valence-electron chi connectivity index (χ3n) is 2.51. The summed E-state index contributed by atoms with van der Waals surface area (Å²) in [5.74, 6) is 0.140. The number of hydrogen-bond donors (Lipinski definition) is 1. The van der Waals surface area contributed by atoms with Crippen LogP contribution in [0.1, 0.15) is 31.7 Å². The fourth-order valence-electron chi connectivity index (χ4n) is 1.40. The van der Waals surface area contributed by atoms with Gasteiger partial charge < -0.3 is 22.3 Å². The van der Waals surface area contributed by atoms with Crippen molar-refractivity contribution in [3.63, 3.8) is 0 Å². The molecule has 1 rings (SSSR count). The summed E-state index contributed by atoms with van der Waals surface area (Å²) in [6.07, 6.45) is 6.75. The van der Waals surface area contributed by atoms with Crippen LogP contribution < -0.4 is 26.9 Å². The van der Waals surface area contributed by atoms with Gasteiger partial charge in [-0.15, -0.1) is 0 Å². The Morgan fingerprint density at radius 2 is 2.00 bits per heavy atom. The van der Waals surface area contributed by atoms with E-state index < -0.39 is 0 Å². The molecule has 1 aromatic heterocycles. The number of aryl methyl sites for hydroxylation is 2. The topological polar surface area (TPSA) is 33.0 Å². The first-order valence-corrected chi connectivity index (χ1v) is 5.94. The Morgan fingerprint density at radius 3 is 2.59 bits per heavy atom. The van der Waals surface area contributed by atoms with E-state index in [-0.39, 0.29) is 22.9 Å². The fourth-order valence-corrected chi connectivity index (χ4v) is 1.40. The molecule has 1 amide bonds. The largest absolute Gasteiger partial charge is 1.00 e. The van der Waals surface area contributed by atoms with Gasteiger partial charge in [-0.2, -0.15) is 0 Å². The normalized spacial score (nSPS) is 9.53. The number of carbonyl (C=O) groups is 1. The molecule has 0 aromatic carbocycles. The van der Waals surface area contributed by atoms with Crippen LogP contribution >= 0.6 is 0 Å². The highest BCUT2D eigenvalue weighted by molar-refractivity contribution is 5.75. The first-order chi connectivity index (χ1) is 7.72. The van der Waals surface area contributed by atoms with Crippen LogP contribution in [0.2, 0.25) is 0 Å². The predicted molar refractivity (Wildman–Crippen MR) is 63.9 cm³/mol. The van der Waals surface area contributed by atoms with Crippen LogP contribution in [0, 0.1) is 6.92 Å². The third-order valence-corrected chi connectivity index (χ3v) is 2.51. The van der Waals surface area contributed by atoms with E-state index in [1.165, 1.54) is 5.56 Å². The Bertz CT molecular complexity index is 325. The first kappa shape index (κ1) is 16.1. The lowest BCUT2D eigenvalue weighted by Crippen LogP contribution is -3.00. The fraction of sp³-hybridized carbons (Fsp3) is 0.538. The van der Waals surface area contributed by atoms with Crippen molar-refractivity contribution in [2.75, 3.05) is 6.54 Å². The van der Waals surface area contributed by atoms with Crippen LogP contribution in [0.3, 0.4) is 0 Å². The molecule has 0 aliphatic carbocycles. The SMILES string of the molecule is CCCCNC(=O)CC[n+]1ccc(C)cc1.[Br-]. The zero-order chi connectivity index (χ0) is 11.8. The number of nitrogens with zero attached hydrogens (tertiary/aromatic N) is 1. The van der Waals surface area contributed by atoms with Crippen LogP contribution in [0.15, 0.2) is 24.5 Å². The van der Waals surface area contributed by atoms with Gasteiger partial charge in [0.2, 0.25) is 5.91 Å². The summed E-state index contributed by atoms with van der Waals surface area (Å²) in [6.45, 7) is 5.72. The quantitative estimate of drug-likeness (QED) is 0.508. The molecule has 0 spiro atoms. The first-order valence-electron chi connectivity index (χ1n) is 5.94. The molecule has 3 nitrogen and oxygen atoms in total. The molecule has 96 valence electrons. The molecule has 1 N–H and O–H groups in total. The highest BCUT2D eigenvalue weighted by Crippen LogP contribution is 1.91. The Hall–Kier alpha value is -0.900. The van der Waals surface area contributed by atoms with Gasteiger partial charge in [-0.3, -0.25) is 4.79 Å². The molecule has 0 radical (unpaired) electrons. The summed E-state index contributed by atoms with van der Waals surface area (Å²) >= 11 is 0. The zero-order valence-corrected chi connectivity index (χ0v) is 12.2. The van der Waals surface area contributed by atoms with E-state index in [9.17, 15) is 4.79 Å². The number of nitrogens with one attached hydrogen (secondary N) is 1. The van der Waals surface area contributed by atoms with Crippen molar-refractivity contribution in [1.82, 2.24) is 5.32 Å². The van der Waals surface area contributed by atoms with Gasteiger partial charge in [-0.1, -0.05) is 13.3 Å². The number of unbranched alkanes of at least 4 members (excludes halogenated alkanes) is 1. The van der Waals surface area contributed by atoms with Gasteiger partial charge in [0, 0.05) is 18.7 Å². The maximum Gasteiger partial charge on any atom is 0.226 e. The lowest BCUT2D eigenvalue weighted by Gasteiger charge is -2.02. The minimum atomic E-state index is 0.